The first-order valence-electron chi connectivity index (χ1n) is 5.13. The molecule has 0 fully saturated rings. The third kappa shape index (κ3) is 2.68. The van der Waals surface area contributed by atoms with Gasteiger partial charge in [-0.3, -0.25) is 0 Å². The van der Waals surface area contributed by atoms with Gasteiger partial charge in [0.25, 0.3) is 0 Å². The highest BCUT2D eigenvalue weighted by Gasteiger charge is 2.02. The third-order valence-corrected chi connectivity index (χ3v) is 3.23. The van der Waals surface area contributed by atoms with Gasteiger partial charge in [0.05, 0.1) is 23.2 Å². The van der Waals surface area contributed by atoms with Crippen LogP contribution in [0.2, 0.25) is 0 Å². The van der Waals surface area contributed by atoms with Crippen LogP contribution in [0.1, 0.15) is 21.8 Å². The van der Waals surface area contributed by atoms with E-state index in [9.17, 15) is 0 Å². The van der Waals surface area contributed by atoms with Crippen LogP contribution in [0.3, 0.4) is 0 Å². The monoisotopic (exact) mass is 228 g/mol. The number of benzene rings is 1. The zero-order chi connectivity index (χ0) is 11.4. The molecule has 0 amide bonds. The van der Waals surface area contributed by atoms with E-state index in [4.69, 9.17) is 5.26 Å². The van der Waals surface area contributed by atoms with Crippen LogP contribution in [0.5, 0.6) is 0 Å². The molecule has 3 heteroatoms. The SMILES string of the molecule is Cc1ccc(Cc2nc(CC#N)cs2)cc1. The van der Waals surface area contributed by atoms with Crippen LogP contribution in [0.25, 0.3) is 0 Å². The van der Waals surface area contributed by atoms with E-state index in [-0.39, 0.29) is 0 Å². The molecular weight excluding hydrogens is 216 g/mol. The zero-order valence-electron chi connectivity index (χ0n) is 9.10. The van der Waals surface area contributed by atoms with Gasteiger partial charge in [-0.2, -0.15) is 5.26 Å². The normalized spacial score (nSPS) is 10.0. The maximum absolute atomic E-state index is 8.56. The van der Waals surface area contributed by atoms with Gasteiger partial charge in [-0.15, -0.1) is 11.3 Å². The molecule has 0 spiro atoms. The number of nitrogens with zero attached hydrogens (tertiary/aromatic N) is 2. The molecule has 2 rings (SSSR count). The molecule has 0 atom stereocenters. The molecule has 0 aliphatic rings. The summed E-state index contributed by atoms with van der Waals surface area (Å²) in [6, 6.07) is 10.6. The molecule has 1 aromatic heterocycles. The first kappa shape index (κ1) is 10.8. The lowest BCUT2D eigenvalue weighted by molar-refractivity contribution is 1.07. The Balaban J connectivity index is 2.09. The van der Waals surface area contributed by atoms with E-state index in [1.165, 1.54) is 11.1 Å². The lowest BCUT2D eigenvalue weighted by Gasteiger charge is -1.98. The fraction of sp³-hybridized carbons (Fsp3) is 0.231. The lowest BCUT2D eigenvalue weighted by atomic mass is 10.1. The Hall–Kier alpha value is -1.66. The van der Waals surface area contributed by atoms with Gasteiger partial charge in [-0.05, 0) is 12.5 Å². The van der Waals surface area contributed by atoms with Crippen molar-refractivity contribution in [2.75, 3.05) is 0 Å². The third-order valence-electron chi connectivity index (χ3n) is 2.34. The van der Waals surface area contributed by atoms with Gasteiger partial charge in [0, 0.05) is 11.8 Å². The fourth-order valence-electron chi connectivity index (χ4n) is 1.47. The predicted molar refractivity (Wildman–Crippen MR) is 65.4 cm³/mol. The highest BCUT2D eigenvalue weighted by Crippen LogP contribution is 2.15. The highest BCUT2D eigenvalue weighted by atomic mass is 32.1. The summed E-state index contributed by atoms with van der Waals surface area (Å²) in [6.07, 6.45) is 1.26. The number of thiazole rings is 1. The van der Waals surface area contributed by atoms with Crippen molar-refractivity contribution in [1.82, 2.24) is 4.98 Å². The number of aryl methyl sites for hydroxylation is 1. The van der Waals surface area contributed by atoms with Crippen LogP contribution in [-0.4, -0.2) is 4.98 Å². The van der Waals surface area contributed by atoms with Crippen LogP contribution >= 0.6 is 11.3 Å². The van der Waals surface area contributed by atoms with Crippen molar-refractivity contribution >= 4 is 11.3 Å². The molecule has 0 aliphatic carbocycles. The quantitative estimate of drug-likeness (QED) is 0.809. The summed E-state index contributed by atoms with van der Waals surface area (Å²) in [5.41, 5.74) is 3.42. The Morgan fingerprint density at radius 3 is 2.75 bits per heavy atom. The van der Waals surface area contributed by atoms with E-state index < -0.39 is 0 Å². The molecule has 0 radical (unpaired) electrons. The van der Waals surface area contributed by atoms with Gasteiger partial charge in [0.2, 0.25) is 0 Å². The van der Waals surface area contributed by atoms with E-state index in [1.54, 1.807) is 11.3 Å². The van der Waals surface area contributed by atoms with Crippen molar-refractivity contribution in [2.45, 2.75) is 19.8 Å². The Labute approximate surface area is 99.2 Å². The Morgan fingerprint density at radius 2 is 2.06 bits per heavy atom. The standard InChI is InChI=1S/C13H12N2S/c1-10-2-4-11(5-3-10)8-13-15-12(6-7-14)9-16-13/h2-5,9H,6,8H2,1H3. The van der Waals surface area contributed by atoms with E-state index >= 15 is 0 Å². The van der Waals surface area contributed by atoms with E-state index in [0.717, 1.165) is 17.1 Å². The fourth-order valence-corrected chi connectivity index (χ4v) is 2.30. The zero-order valence-corrected chi connectivity index (χ0v) is 9.92. The summed E-state index contributed by atoms with van der Waals surface area (Å²) in [5, 5.41) is 11.6. The number of hydrogen-bond donors (Lipinski definition) is 0. The molecule has 80 valence electrons. The summed E-state index contributed by atoms with van der Waals surface area (Å²) >= 11 is 1.63. The minimum absolute atomic E-state index is 0.407. The Kier molecular flexibility index (Phi) is 3.33. The van der Waals surface area contributed by atoms with Gasteiger partial charge >= 0.3 is 0 Å². The molecule has 0 saturated heterocycles. The van der Waals surface area contributed by atoms with Gasteiger partial charge in [-0.1, -0.05) is 29.8 Å². The molecule has 1 heterocycles. The van der Waals surface area contributed by atoms with Crippen molar-refractivity contribution in [3.05, 3.63) is 51.5 Å². The smallest absolute Gasteiger partial charge is 0.0972 e. The Morgan fingerprint density at radius 1 is 1.31 bits per heavy atom. The molecular formula is C13H12N2S. The predicted octanol–water partition coefficient (Wildman–Crippen LogP) is 3.11. The minimum Gasteiger partial charge on any atom is -0.245 e. The molecule has 16 heavy (non-hydrogen) atoms. The van der Waals surface area contributed by atoms with E-state index in [0.29, 0.717) is 6.42 Å². The minimum atomic E-state index is 0.407. The molecule has 0 aliphatic heterocycles. The molecule has 0 saturated carbocycles. The lowest BCUT2D eigenvalue weighted by Crippen LogP contribution is -1.88. The van der Waals surface area contributed by atoms with Crippen LogP contribution in [0.15, 0.2) is 29.6 Å². The summed E-state index contributed by atoms with van der Waals surface area (Å²) < 4.78 is 0. The van der Waals surface area contributed by atoms with Crippen LogP contribution in [0.4, 0.5) is 0 Å². The van der Waals surface area contributed by atoms with Crippen molar-refractivity contribution in [3.63, 3.8) is 0 Å². The first-order chi connectivity index (χ1) is 7.78. The van der Waals surface area contributed by atoms with Crippen molar-refractivity contribution in [3.8, 4) is 6.07 Å². The molecule has 2 aromatic rings. The van der Waals surface area contributed by atoms with Gasteiger partial charge in [0.1, 0.15) is 0 Å². The maximum atomic E-state index is 8.56. The van der Waals surface area contributed by atoms with E-state index in [2.05, 4.69) is 42.2 Å². The molecule has 2 nitrogen and oxygen atoms in total. The van der Waals surface area contributed by atoms with Crippen molar-refractivity contribution in [1.29, 1.82) is 5.26 Å². The Bertz CT molecular complexity index is 505. The second kappa shape index (κ2) is 4.91. The van der Waals surface area contributed by atoms with Gasteiger partial charge in [-0.25, -0.2) is 4.98 Å². The summed E-state index contributed by atoms with van der Waals surface area (Å²) in [4.78, 5) is 4.41. The molecule has 0 bridgehead atoms. The average molecular weight is 228 g/mol. The summed E-state index contributed by atoms with van der Waals surface area (Å²) in [7, 11) is 0. The van der Waals surface area contributed by atoms with Crippen LogP contribution < -0.4 is 0 Å². The van der Waals surface area contributed by atoms with Crippen molar-refractivity contribution in [2.24, 2.45) is 0 Å². The maximum Gasteiger partial charge on any atom is 0.0972 e. The first-order valence-corrected chi connectivity index (χ1v) is 6.01. The molecule has 0 N–H and O–H groups in total. The molecule has 1 aromatic carbocycles. The number of nitriles is 1. The average Bonchev–Trinajstić information content (AvgIpc) is 2.70. The highest BCUT2D eigenvalue weighted by molar-refractivity contribution is 7.09. The van der Waals surface area contributed by atoms with Crippen LogP contribution in [0, 0.1) is 18.3 Å². The molecule has 0 unspecified atom stereocenters. The van der Waals surface area contributed by atoms with Crippen molar-refractivity contribution < 1.29 is 0 Å². The number of aromatic nitrogens is 1. The van der Waals surface area contributed by atoms with Gasteiger partial charge in [0.15, 0.2) is 0 Å². The number of rotatable bonds is 3. The second-order valence-corrected chi connectivity index (χ2v) is 4.67. The second-order valence-electron chi connectivity index (χ2n) is 3.73. The largest absolute Gasteiger partial charge is 0.245 e. The summed E-state index contributed by atoms with van der Waals surface area (Å²) in [6.45, 7) is 2.08. The topological polar surface area (TPSA) is 36.7 Å². The summed E-state index contributed by atoms with van der Waals surface area (Å²) in [5.74, 6) is 0. The van der Waals surface area contributed by atoms with E-state index in [1.807, 2.05) is 5.38 Å². The van der Waals surface area contributed by atoms with Crippen LogP contribution in [-0.2, 0) is 12.8 Å². The number of hydrogen-bond acceptors (Lipinski definition) is 3. The van der Waals surface area contributed by atoms with Gasteiger partial charge < -0.3 is 0 Å².